The van der Waals surface area contributed by atoms with Gasteiger partial charge in [0, 0.05) is 12.3 Å². The summed E-state index contributed by atoms with van der Waals surface area (Å²) in [6, 6.07) is 3.15. The Balaban J connectivity index is 1.89. The third-order valence-corrected chi connectivity index (χ3v) is 5.23. The number of hydrogen-bond acceptors (Lipinski definition) is 7. The SMILES string of the molecule is COc1cc(Cl)nc(NC(=O)NS(=O)(=O)c2c(Cl)nc3ccc(Cl)cn23)n1. The standard InChI is InChI=1S/C13H9Cl3N6O4S/c1-26-9-4-7(15)17-12(19-9)20-13(23)21-27(24,25)11-10(16)18-8-3-2-6(14)5-22(8)11/h2-5H,1H3,(H2,17,19,20,21,23). The van der Waals surface area contributed by atoms with Crippen LogP contribution >= 0.6 is 34.8 Å². The molecule has 0 spiro atoms. The zero-order chi connectivity index (χ0) is 19.8. The van der Waals surface area contributed by atoms with Gasteiger partial charge in [0.2, 0.25) is 11.8 Å². The van der Waals surface area contributed by atoms with Crippen LogP contribution in [0, 0.1) is 0 Å². The van der Waals surface area contributed by atoms with E-state index in [0.717, 1.165) is 4.40 Å². The molecule has 0 atom stereocenters. The molecule has 3 heterocycles. The molecule has 0 radical (unpaired) electrons. The van der Waals surface area contributed by atoms with Gasteiger partial charge in [-0.05, 0) is 12.1 Å². The molecule has 3 rings (SSSR count). The number of amides is 2. The second kappa shape index (κ2) is 7.35. The normalized spacial score (nSPS) is 11.4. The van der Waals surface area contributed by atoms with Crippen molar-refractivity contribution in [2.45, 2.75) is 5.03 Å². The highest BCUT2D eigenvalue weighted by atomic mass is 35.5. The molecule has 0 unspecified atom stereocenters. The summed E-state index contributed by atoms with van der Waals surface area (Å²) in [7, 11) is -3.07. The summed E-state index contributed by atoms with van der Waals surface area (Å²) in [6.07, 6.45) is 1.30. The van der Waals surface area contributed by atoms with Gasteiger partial charge in [-0.15, -0.1) is 0 Å². The van der Waals surface area contributed by atoms with Gasteiger partial charge in [0.1, 0.15) is 10.8 Å². The first-order valence-electron chi connectivity index (χ1n) is 6.95. The van der Waals surface area contributed by atoms with Gasteiger partial charge in [-0.3, -0.25) is 9.72 Å². The number of fused-ring (bicyclic) bond motifs is 1. The van der Waals surface area contributed by atoms with Gasteiger partial charge in [0.05, 0.1) is 12.1 Å². The molecule has 3 aromatic heterocycles. The minimum Gasteiger partial charge on any atom is -0.481 e. The van der Waals surface area contributed by atoms with Gasteiger partial charge in [0.25, 0.3) is 10.0 Å². The van der Waals surface area contributed by atoms with Crippen LogP contribution in [0.15, 0.2) is 29.4 Å². The quantitative estimate of drug-likeness (QED) is 0.583. The molecule has 142 valence electrons. The number of carbonyl (C=O) groups excluding carboxylic acids is 1. The summed E-state index contributed by atoms with van der Waals surface area (Å²) < 4.78 is 33.0. The highest BCUT2D eigenvalue weighted by Crippen LogP contribution is 2.24. The first-order valence-corrected chi connectivity index (χ1v) is 9.57. The van der Waals surface area contributed by atoms with Crippen LogP contribution in [0.2, 0.25) is 15.3 Å². The molecule has 0 fully saturated rings. The minimum absolute atomic E-state index is 0.0144. The number of imidazole rings is 1. The van der Waals surface area contributed by atoms with E-state index in [-0.39, 0.29) is 32.8 Å². The summed E-state index contributed by atoms with van der Waals surface area (Å²) in [5.74, 6) is -0.188. The van der Waals surface area contributed by atoms with E-state index in [9.17, 15) is 13.2 Å². The first kappa shape index (κ1) is 19.4. The fourth-order valence-electron chi connectivity index (χ4n) is 2.06. The van der Waals surface area contributed by atoms with Crippen molar-refractivity contribution in [1.29, 1.82) is 0 Å². The Morgan fingerprint density at radius 1 is 1.19 bits per heavy atom. The molecule has 0 aromatic carbocycles. The largest absolute Gasteiger partial charge is 0.481 e. The van der Waals surface area contributed by atoms with Crippen molar-refractivity contribution in [3.05, 3.63) is 39.7 Å². The van der Waals surface area contributed by atoms with Crippen LogP contribution in [0.1, 0.15) is 0 Å². The highest BCUT2D eigenvalue weighted by Gasteiger charge is 2.27. The van der Waals surface area contributed by atoms with Crippen LogP contribution in [-0.4, -0.2) is 40.9 Å². The van der Waals surface area contributed by atoms with Crippen molar-refractivity contribution >= 4 is 62.5 Å². The highest BCUT2D eigenvalue weighted by molar-refractivity contribution is 7.90. The topological polar surface area (TPSA) is 128 Å². The van der Waals surface area contributed by atoms with E-state index in [1.165, 1.54) is 31.5 Å². The zero-order valence-corrected chi connectivity index (χ0v) is 16.4. The lowest BCUT2D eigenvalue weighted by molar-refractivity contribution is 0.256. The Morgan fingerprint density at radius 2 is 1.93 bits per heavy atom. The van der Waals surface area contributed by atoms with Crippen molar-refractivity contribution in [3.63, 3.8) is 0 Å². The van der Waals surface area contributed by atoms with Gasteiger partial charge < -0.3 is 4.74 Å². The Labute approximate surface area is 167 Å². The Kier molecular flexibility index (Phi) is 5.29. The van der Waals surface area contributed by atoms with E-state index in [1.54, 1.807) is 4.72 Å². The Bertz CT molecular complexity index is 1150. The van der Waals surface area contributed by atoms with Gasteiger partial charge in [-0.2, -0.15) is 13.4 Å². The van der Waals surface area contributed by atoms with E-state index in [2.05, 4.69) is 20.3 Å². The molecule has 0 bridgehead atoms. The maximum absolute atomic E-state index is 12.6. The van der Waals surface area contributed by atoms with Crippen LogP contribution in [-0.2, 0) is 10.0 Å². The van der Waals surface area contributed by atoms with Crippen molar-refractivity contribution in [2.24, 2.45) is 0 Å². The van der Waals surface area contributed by atoms with Crippen LogP contribution in [0.5, 0.6) is 5.88 Å². The molecule has 2 amide bonds. The van der Waals surface area contributed by atoms with Gasteiger partial charge in [-0.25, -0.2) is 19.5 Å². The molecule has 0 saturated carbocycles. The lowest BCUT2D eigenvalue weighted by Crippen LogP contribution is -2.35. The number of aromatic nitrogens is 4. The number of rotatable bonds is 4. The minimum atomic E-state index is -4.41. The van der Waals surface area contributed by atoms with Crippen molar-refractivity contribution in [1.82, 2.24) is 24.1 Å². The Morgan fingerprint density at radius 3 is 2.63 bits per heavy atom. The fraction of sp³-hybridized carbons (Fsp3) is 0.0769. The number of nitrogens with zero attached hydrogens (tertiary/aromatic N) is 4. The Hall–Kier alpha value is -2.34. The number of urea groups is 1. The summed E-state index contributed by atoms with van der Waals surface area (Å²) in [5, 5.41) is 1.58. The van der Waals surface area contributed by atoms with Crippen LogP contribution in [0.4, 0.5) is 10.7 Å². The van der Waals surface area contributed by atoms with Crippen LogP contribution in [0.3, 0.4) is 0 Å². The van der Waals surface area contributed by atoms with Crippen molar-refractivity contribution in [3.8, 4) is 5.88 Å². The molecule has 27 heavy (non-hydrogen) atoms. The van der Waals surface area contributed by atoms with Gasteiger partial charge in [0.15, 0.2) is 10.2 Å². The van der Waals surface area contributed by atoms with Crippen molar-refractivity contribution in [2.75, 3.05) is 12.4 Å². The lowest BCUT2D eigenvalue weighted by atomic mass is 10.5. The van der Waals surface area contributed by atoms with Gasteiger partial charge in [-0.1, -0.05) is 34.8 Å². The number of sulfonamides is 1. The number of methoxy groups -OCH3 is 1. The lowest BCUT2D eigenvalue weighted by Gasteiger charge is -2.09. The maximum Gasteiger partial charge on any atom is 0.335 e. The monoisotopic (exact) mass is 450 g/mol. The summed E-state index contributed by atoms with van der Waals surface area (Å²) in [5.41, 5.74) is 0.230. The first-order chi connectivity index (χ1) is 12.7. The molecule has 0 aliphatic heterocycles. The molecular formula is C13H9Cl3N6O4S. The third-order valence-electron chi connectivity index (χ3n) is 3.09. The smallest absolute Gasteiger partial charge is 0.335 e. The molecular weight excluding hydrogens is 443 g/mol. The molecule has 0 saturated heterocycles. The number of hydrogen-bond donors (Lipinski definition) is 2. The molecule has 10 nitrogen and oxygen atoms in total. The second-order valence-electron chi connectivity index (χ2n) is 4.90. The number of carbonyl (C=O) groups is 1. The van der Waals surface area contributed by atoms with E-state index in [0.29, 0.717) is 0 Å². The summed E-state index contributed by atoms with van der Waals surface area (Å²) in [6.45, 7) is 0. The molecule has 0 aliphatic carbocycles. The number of anilines is 1. The number of ether oxygens (including phenoxy) is 1. The van der Waals surface area contributed by atoms with Crippen LogP contribution < -0.4 is 14.8 Å². The summed E-state index contributed by atoms with van der Waals surface area (Å²) in [4.78, 5) is 23.5. The van der Waals surface area contributed by atoms with Gasteiger partial charge >= 0.3 is 6.03 Å². The van der Waals surface area contributed by atoms with E-state index in [4.69, 9.17) is 39.5 Å². The zero-order valence-electron chi connectivity index (χ0n) is 13.3. The number of nitrogens with one attached hydrogen (secondary N) is 2. The average Bonchev–Trinajstić information content (AvgIpc) is 2.89. The molecule has 3 aromatic rings. The fourth-order valence-corrected chi connectivity index (χ4v) is 3.94. The number of halogens is 3. The average molecular weight is 452 g/mol. The summed E-state index contributed by atoms with van der Waals surface area (Å²) >= 11 is 17.6. The third kappa shape index (κ3) is 4.16. The van der Waals surface area contributed by atoms with Crippen molar-refractivity contribution < 1.29 is 17.9 Å². The van der Waals surface area contributed by atoms with E-state index in [1.807, 2.05) is 0 Å². The predicted octanol–water partition coefficient (Wildman–Crippen LogP) is 2.60. The maximum atomic E-state index is 12.6. The molecule has 14 heteroatoms. The predicted molar refractivity (Wildman–Crippen MR) is 98.1 cm³/mol. The second-order valence-corrected chi connectivity index (χ2v) is 7.68. The van der Waals surface area contributed by atoms with Crippen LogP contribution in [0.25, 0.3) is 5.65 Å². The molecule has 2 N–H and O–H groups in total. The van der Waals surface area contributed by atoms with E-state index >= 15 is 0 Å². The molecule has 0 aliphatic rings. The van der Waals surface area contributed by atoms with E-state index < -0.39 is 21.1 Å². The number of pyridine rings is 1.